The zero-order chi connectivity index (χ0) is 23.3. The molecule has 3 rings (SSSR count). The fourth-order valence-corrected chi connectivity index (χ4v) is 3.93. The first kappa shape index (κ1) is 23.0. The quantitative estimate of drug-likeness (QED) is 0.551. The number of aromatic nitrogens is 1. The predicted molar refractivity (Wildman–Crippen MR) is 114 cm³/mol. The molecule has 0 radical (unpaired) electrons. The summed E-state index contributed by atoms with van der Waals surface area (Å²) in [6.07, 6.45) is -1.96. The number of hydrogen-bond acceptors (Lipinski definition) is 5. The van der Waals surface area contributed by atoms with Crippen LogP contribution in [0.4, 0.5) is 13.2 Å². The van der Waals surface area contributed by atoms with Crippen molar-refractivity contribution in [2.24, 2.45) is 0 Å². The molecule has 32 heavy (non-hydrogen) atoms. The van der Waals surface area contributed by atoms with Crippen LogP contribution in [0.1, 0.15) is 29.2 Å². The Morgan fingerprint density at radius 3 is 2.56 bits per heavy atom. The number of hydrogen-bond donors (Lipinski definition) is 0. The molecular weight excluding hydrogens is 441 g/mol. The van der Waals surface area contributed by atoms with E-state index < -0.39 is 23.3 Å². The summed E-state index contributed by atoms with van der Waals surface area (Å²) >= 11 is 0.980. The molecule has 0 saturated carbocycles. The molecule has 3 aromatic rings. The smallest absolute Gasteiger partial charge is 0.416 e. The number of ether oxygens (including phenoxy) is 1. The minimum Gasteiger partial charge on any atom is -0.463 e. The Labute approximate surface area is 184 Å². The Bertz CT molecular complexity index is 1350. The third-order valence-electron chi connectivity index (χ3n) is 4.40. The van der Waals surface area contributed by atoms with Crippen LogP contribution in [-0.4, -0.2) is 17.1 Å². The number of alkyl halides is 3. The lowest BCUT2D eigenvalue weighted by molar-refractivity contribution is -0.137. The lowest BCUT2D eigenvalue weighted by Crippen LogP contribution is -2.32. The molecule has 164 valence electrons. The van der Waals surface area contributed by atoms with Gasteiger partial charge in [-0.2, -0.15) is 18.4 Å². The van der Waals surface area contributed by atoms with Crippen molar-refractivity contribution < 1.29 is 22.7 Å². The lowest BCUT2D eigenvalue weighted by atomic mass is 10.1. The molecule has 0 saturated heterocycles. The average Bonchev–Trinajstić information content (AvgIpc) is 3.02. The molecule has 0 amide bonds. The molecule has 0 N–H and O–H groups in total. The van der Waals surface area contributed by atoms with Crippen LogP contribution in [0.25, 0.3) is 12.2 Å². The van der Waals surface area contributed by atoms with Crippen LogP contribution in [0.15, 0.2) is 53.3 Å². The standard InChI is InChI=1S/C23H17F3N2O3S/c1-2-31-21(29)12-20-28(14-16-8-6-15(13-27)7-9-16)22(30)19(32-20)11-17-4-3-5-18(10-17)23(24,25)26/h3-12H,2,14H2,1H3. The van der Waals surface area contributed by atoms with Gasteiger partial charge in [0, 0.05) is 0 Å². The molecule has 0 aliphatic rings. The molecule has 5 nitrogen and oxygen atoms in total. The van der Waals surface area contributed by atoms with E-state index >= 15 is 0 Å². The summed E-state index contributed by atoms with van der Waals surface area (Å²) < 4.78 is 45.8. The molecule has 9 heteroatoms. The molecule has 1 heterocycles. The van der Waals surface area contributed by atoms with Gasteiger partial charge in [-0.1, -0.05) is 24.3 Å². The van der Waals surface area contributed by atoms with Crippen molar-refractivity contribution in [1.29, 1.82) is 5.26 Å². The summed E-state index contributed by atoms with van der Waals surface area (Å²) in [5, 5.41) is 8.93. The number of rotatable bonds is 5. The SMILES string of the molecule is CCOC(=O)C=c1sc(=Cc2cccc(C(F)(F)F)c2)c(=O)n1Cc1ccc(C#N)cc1. The zero-order valence-corrected chi connectivity index (χ0v) is 17.7. The molecule has 0 atom stereocenters. The second-order valence-electron chi connectivity index (χ2n) is 6.67. The van der Waals surface area contributed by atoms with Gasteiger partial charge in [-0.15, -0.1) is 11.3 Å². The fraction of sp³-hybridized carbons (Fsp3) is 0.174. The van der Waals surface area contributed by atoms with Gasteiger partial charge in [0.2, 0.25) is 0 Å². The fourth-order valence-electron chi connectivity index (χ4n) is 2.90. The highest BCUT2D eigenvalue weighted by atomic mass is 32.1. The van der Waals surface area contributed by atoms with E-state index in [2.05, 4.69) is 0 Å². The van der Waals surface area contributed by atoms with Gasteiger partial charge in [-0.3, -0.25) is 9.36 Å². The van der Waals surface area contributed by atoms with E-state index in [1.165, 1.54) is 28.9 Å². The summed E-state index contributed by atoms with van der Waals surface area (Å²) in [4.78, 5) is 25.0. The molecule has 0 aliphatic carbocycles. The summed E-state index contributed by atoms with van der Waals surface area (Å²) in [6.45, 7) is 1.92. The van der Waals surface area contributed by atoms with Crippen molar-refractivity contribution in [2.75, 3.05) is 6.61 Å². The first-order chi connectivity index (χ1) is 15.2. The van der Waals surface area contributed by atoms with Gasteiger partial charge in [0.15, 0.2) is 0 Å². The third kappa shape index (κ3) is 5.53. The second-order valence-corrected chi connectivity index (χ2v) is 7.73. The van der Waals surface area contributed by atoms with E-state index in [0.29, 0.717) is 15.8 Å². The van der Waals surface area contributed by atoms with E-state index in [9.17, 15) is 22.8 Å². The Morgan fingerprint density at radius 2 is 1.94 bits per heavy atom. The van der Waals surface area contributed by atoms with E-state index in [-0.39, 0.29) is 23.2 Å². The van der Waals surface area contributed by atoms with Gasteiger partial charge in [-0.25, -0.2) is 4.79 Å². The van der Waals surface area contributed by atoms with Crippen molar-refractivity contribution in [3.63, 3.8) is 0 Å². The van der Waals surface area contributed by atoms with Gasteiger partial charge in [-0.05, 0) is 48.4 Å². The minimum absolute atomic E-state index is 0.114. The Kier molecular flexibility index (Phi) is 6.95. The van der Waals surface area contributed by atoms with Crippen LogP contribution in [0.2, 0.25) is 0 Å². The lowest BCUT2D eigenvalue weighted by Gasteiger charge is -2.06. The number of benzene rings is 2. The van der Waals surface area contributed by atoms with Gasteiger partial charge < -0.3 is 4.74 Å². The summed E-state index contributed by atoms with van der Waals surface area (Å²) in [5.41, 5.74) is 0.119. The average molecular weight is 458 g/mol. The highest BCUT2D eigenvalue weighted by molar-refractivity contribution is 7.07. The monoisotopic (exact) mass is 458 g/mol. The Morgan fingerprint density at radius 1 is 1.22 bits per heavy atom. The maximum absolute atomic E-state index is 13.0. The zero-order valence-electron chi connectivity index (χ0n) is 16.8. The van der Waals surface area contributed by atoms with E-state index in [0.717, 1.165) is 23.5 Å². The number of nitrogens with zero attached hydrogens (tertiary/aromatic N) is 2. The molecule has 0 aliphatic heterocycles. The summed E-state index contributed by atoms with van der Waals surface area (Å²) in [7, 11) is 0. The minimum atomic E-state index is -4.50. The molecular formula is C23H17F3N2O3S. The van der Waals surface area contributed by atoms with Crippen LogP contribution >= 0.6 is 11.3 Å². The third-order valence-corrected chi connectivity index (χ3v) is 5.46. The topological polar surface area (TPSA) is 72.1 Å². The van der Waals surface area contributed by atoms with E-state index in [1.807, 2.05) is 6.07 Å². The maximum atomic E-state index is 13.0. The second kappa shape index (κ2) is 9.66. The van der Waals surface area contributed by atoms with Crippen molar-refractivity contribution >= 4 is 29.5 Å². The molecule has 0 spiro atoms. The van der Waals surface area contributed by atoms with Crippen LogP contribution in [0, 0.1) is 11.3 Å². The van der Waals surface area contributed by atoms with Crippen LogP contribution in [-0.2, 0) is 22.3 Å². The molecule has 1 aromatic heterocycles. The summed E-state index contributed by atoms with van der Waals surface area (Å²) in [6, 6.07) is 13.2. The molecule has 0 unspecified atom stereocenters. The number of carbonyl (C=O) groups is 1. The predicted octanol–water partition coefficient (Wildman–Crippen LogP) is 3.02. The van der Waals surface area contributed by atoms with E-state index in [4.69, 9.17) is 10.00 Å². The normalized spacial score (nSPS) is 12.6. The van der Waals surface area contributed by atoms with Crippen LogP contribution in [0.5, 0.6) is 0 Å². The van der Waals surface area contributed by atoms with Crippen molar-refractivity contribution in [3.8, 4) is 6.07 Å². The first-order valence-corrected chi connectivity index (χ1v) is 10.3. The number of esters is 1. The van der Waals surface area contributed by atoms with Crippen molar-refractivity contribution in [3.05, 3.63) is 90.3 Å². The van der Waals surface area contributed by atoms with Gasteiger partial charge in [0.05, 0.1) is 41.0 Å². The highest BCUT2D eigenvalue weighted by Crippen LogP contribution is 2.29. The van der Waals surface area contributed by atoms with Crippen molar-refractivity contribution in [2.45, 2.75) is 19.6 Å². The summed E-state index contributed by atoms with van der Waals surface area (Å²) in [5.74, 6) is -0.632. The van der Waals surface area contributed by atoms with Gasteiger partial charge in [0.1, 0.15) is 4.66 Å². The number of carbonyl (C=O) groups excluding carboxylic acids is 1. The van der Waals surface area contributed by atoms with Crippen LogP contribution in [0.3, 0.4) is 0 Å². The maximum Gasteiger partial charge on any atom is 0.416 e. The highest BCUT2D eigenvalue weighted by Gasteiger charge is 2.30. The Balaban J connectivity index is 2.12. The number of halogens is 3. The Hall–Kier alpha value is -3.64. The molecule has 0 bridgehead atoms. The van der Waals surface area contributed by atoms with Crippen LogP contribution < -0.4 is 14.8 Å². The van der Waals surface area contributed by atoms with Gasteiger partial charge >= 0.3 is 12.1 Å². The largest absolute Gasteiger partial charge is 0.463 e. The van der Waals surface area contributed by atoms with Crippen molar-refractivity contribution in [1.82, 2.24) is 4.57 Å². The molecule has 0 fully saturated rings. The molecule has 2 aromatic carbocycles. The number of thiazole rings is 1. The van der Waals surface area contributed by atoms with E-state index in [1.54, 1.807) is 31.2 Å². The first-order valence-electron chi connectivity index (χ1n) is 9.47. The van der Waals surface area contributed by atoms with Gasteiger partial charge in [0.25, 0.3) is 5.56 Å². The number of nitriles is 1.